The van der Waals surface area contributed by atoms with Crippen molar-refractivity contribution in [3.05, 3.63) is 77.6 Å². The first-order chi connectivity index (χ1) is 11.1. The molecule has 23 heavy (non-hydrogen) atoms. The third-order valence-corrected chi connectivity index (χ3v) is 3.57. The van der Waals surface area contributed by atoms with Crippen molar-refractivity contribution in [2.24, 2.45) is 0 Å². The van der Waals surface area contributed by atoms with Gasteiger partial charge < -0.3 is 9.84 Å². The summed E-state index contributed by atoms with van der Waals surface area (Å²) in [6, 6.07) is 17.3. The van der Waals surface area contributed by atoms with Crippen LogP contribution in [0.15, 0.2) is 60.8 Å². The van der Waals surface area contributed by atoms with Crippen LogP contribution >= 0.6 is 0 Å². The number of carbonyl (C=O) groups is 1. The first kappa shape index (κ1) is 14.8. The molecule has 5 nitrogen and oxygen atoms in total. The Hall–Kier alpha value is -3.08. The minimum absolute atomic E-state index is 0.203. The molecule has 2 aromatic carbocycles. The Morgan fingerprint density at radius 3 is 2.43 bits per heavy atom. The fourth-order valence-electron chi connectivity index (χ4n) is 2.30. The molecular formula is C18H16N2O3. The van der Waals surface area contributed by atoms with Gasteiger partial charge in [-0.15, -0.1) is 0 Å². The molecule has 0 saturated carbocycles. The third-order valence-electron chi connectivity index (χ3n) is 3.57. The van der Waals surface area contributed by atoms with Crippen LogP contribution in [0.5, 0.6) is 5.75 Å². The molecule has 3 aromatic rings. The van der Waals surface area contributed by atoms with Crippen LogP contribution in [0.4, 0.5) is 0 Å². The smallest absolute Gasteiger partial charge is 0.339 e. The Morgan fingerprint density at radius 2 is 1.83 bits per heavy atom. The van der Waals surface area contributed by atoms with E-state index < -0.39 is 5.97 Å². The van der Waals surface area contributed by atoms with Gasteiger partial charge in [-0.3, -0.25) is 0 Å². The lowest BCUT2D eigenvalue weighted by Gasteiger charge is -2.08. The van der Waals surface area contributed by atoms with Gasteiger partial charge in [0, 0.05) is 0 Å². The number of hydrogen-bond donors (Lipinski definition) is 1. The first-order valence-electron chi connectivity index (χ1n) is 7.20. The highest BCUT2D eigenvalue weighted by Crippen LogP contribution is 2.19. The predicted molar refractivity (Wildman–Crippen MR) is 86.0 cm³/mol. The molecular weight excluding hydrogens is 292 g/mol. The minimum atomic E-state index is -0.975. The van der Waals surface area contributed by atoms with Gasteiger partial charge >= 0.3 is 5.97 Å². The molecule has 0 amide bonds. The van der Waals surface area contributed by atoms with Crippen molar-refractivity contribution in [2.45, 2.75) is 13.5 Å². The Morgan fingerprint density at radius 1 is 1.13 bits per heavy atom. The summed E-state index contributed by atoms with van der Waals surface area (Å²) in [5.41, 5.74) is 2.69. The summed E-state index contributed by atoms with van der Waals surface area (Å²) in [6.45, 7) is 2.24. The minimum Gasteiger partial charge on any atom is -0.489 e. The molecule has 0 saturated heterocycles. The average molecular weight is 308 g/mol. The summed E-state index contributed by atoms with van der Waals surface area (Å²) in [5, 5.41) is 13.2. The largest absolute Gasteiger partial charge is 0.489 e. The number of benzene rings is 2. The van der Waals surface area contributed by atoms with Gasteiger partial charge in [0.2, 0.25) is 0 Å². The van der Waals surface area contributed by atoms with Crippen LogP contribution in [0.2, 0.25) is 0 Å². The first-order valence-corrected chi connectivity index (χ1v) is 7.20. The molecule has 1 N–H and O–H groups in total. The quantitative estimate of drug-likeness (QED) is 0.784. The van der Waals surface area contributed by atoms with Crippen LogP contribution in [-0.2, 0) is 6.61 Å². The van der Waals surface area contributed by atoms with E-state index in [4.69, 9.17) is 9.84 Å². The van der Waals surface area contributed by atoms with Gasteiger partial charge in [0.25, 0.3) is 0 Å². The zero-order valence-corrected chi connectivity index (χ0v) is 12.6. The molecule has 1 aromatic heterocycles. The lowest BCUT2D eigenvalue weighted by Crippen LogP contribution is -2.02. The highest BCUT2D eigenvalue weighted by molar-refractivity contribution is 5.88. The van der Waals surface area contributed by atoms with Gasteiger partial charge in [-0.2, -0.15) is 5.10 Å². The van der Waals surface area contributed by atoms with Crippen molar-refractivity contribution < 1.29 is 14.6 Å². The molecule has 116 valence electrons. The zero-order valence-electron chi connectivity index (χ0n) is 12.6. The van der Waals surface area contributed by atoms with Crippen molar-refractivity contribution in [3.8, 4) is 11.4 Å². The lowest BCUT2D eigenvalue weighted by molar-refractivity contribution is 0.0696. The number of ether oxygens (including phenoxy) is 1. The van der Waals surface area contributed by atoms with Crippen molar-refractivity contribution in [3.63, 3.8) is 0 Å². The van der Waals surface area contributed by atoms with Gasteiger partial charge in [0.1, 0.15) is 17.9 Å². The zero-order chi connectivity index (χ0) is 16.2. The number of carboxylic acid groups (broad SMARTS) is 1. The maximum absolute atomic E-state index is 11.1. The second kappa shape index (κ2) is 6.36. The molecule has 3 rings (SSSR count). The Labute approximate surface area is 133 Å². The van der Waals surface area contributed by atoms with E-state index in [0.717, 1.165) is 17.0 Å². The second-order valence-electron chi connectivity index (χ2n) is 5.13. The highest BCUT2D eigenvalue weighted by Gasteiger charge is 2.13. The van der Waals surface area contributed by atoms with Crippen LogP contribution in [0, 0.1) is 6.92 Å². The maximum Gasteiger partial charge on any atom is 0.339 e. The van der Waals surface area contributed by atoms with Crippen LogP contribution in [0.1, 0.15) is 21.6 Å². The lowest BCUT2D eigenvalue weighted by atomic mass is 10.2. The Bertz CT molecular complexity index is 808. The Balaban J connectivity index is 1.73. The van der Waals surface area contributed by atoms with E-state index in [1.807, 2.05) is 54.6 Å². The molecule has 0 aliphatic carbocycles. The maximum atomic E-state index is 11.1. The van der Waals surface area contributed by atoms with E-state index >= 15 is 0 Å². The number of hydrogen-bond acceptors (Lipinski definition) is 3. The summed E-state index contributed by atoms with van der Waals surface area (Å²) in [5.74, 6) is -0.225. The predicted octanol–water partition coefficient (Wildman–Crippen LogP) is 3.46. The molecule has 0 bridgehead atoms. The summed E-state index contributed by atoms with van der Waals surface area (Å²) in [4.78, 5) is 11.1. The number of carboxylic acids is 1. The normalized spacial score (nSPS) is 10.5. The highest BCUT2D eigenvalue weighted by atomic mass is 16.5. The van der Waals surface area contributed by atoms with Gasteiger partial charge in [-0.25, -0.2) is 9.48 Å². The summed E-state index contributed by atoms with van der Waals surface area (Å²) in [6.07, 6.45) is 1.36. The van der Waals surface area contributed by atoms with Crippen molar-refractivity contribution in [1.82, 2.24) is 9.78 Å². The molecule has 0 aliphatic rings. The third kappa shape index (κ3) is 3.23. The number of rotatable bonds is 5. The Kier molecular flexibility index (Phi) is 4.10. The molecule has 0 radical (unpaired) electrons. The summed E-state index contributed by atoms with van der Waals surface area (Å²) >= 11 is 0. The SMILES string of the molecule is Cc1c(C(=O)O)cnn1-c1ccc(OCc2ccccc2)cc1. The molecule has 1 heterocycles. The van der Waals surface area contributed by atoms with Gasteiger partial charge in [-0.1, -0.05) is 30.3 Å². The molecule has 0 fully saturated rings. The van der Waals surface area contributed by atoms with Crippen LogP contribution in [0.25, 0.3) is 5.69 Å². The number of aromatic carboxylic acids is 1. The van der Waals surface area contributed by atoms with Crippen molar-refractivity contribution >= 4 is 5.97 Å². The van der Waals surface area contributed by atoms with Gasteiger partial charge in [-0.05, 0) is 36.8 Å². The molecule has 0 spiro atoms. The molecule has 0 atom stereocenters. The van der Waals surface area contributed by atoms with Crippen molar-refractivity contribution in [1.29, 1.82) is 0 Å². The fraction of sp³-hybridized carbons (Fsp3) is 0.111. The van der Waals surface area contributed by atoms with Crippen LogP contribution in [0.3, 0.4) is 0 Å². The molecule has 0 aliphatic heterocycles. The summed E-state index contributed by atoms with van der Waals surface area (Å²) in [7, 11) is 0. The summed E-state index contributed by atoms with van der Waals surface area (Å²) < 4.78 is 7.33. The monoisotopic (exact) mass is 308 g/mol. The van der Waals surface area contributed by atoms with E-state index in [-0.39, 0.29) is 5.56 Å². The topological polar surface area (TPSA) is 64.3 Å². The van der Waals surface area contributed by atoms with E-state index in [9.17, 15) is 4.79 Å². The standard InChI is InChI=1S/C18H16N2O3/c1-13-17(18(21)22)11-19-20(13)15-7-9-16(10-8-15)23-12-14-5-3-2-4-6-14/h2-11H,12H2,1H3,(H,21,22). The van der Waals surface area contributed by atoms with E-state index in [1.54, 1.807) is 11.6 Å². The molecule has 5 heteroatoms. The van der Waals surface area contributed by atoms with Gasteiger partial charge in [0.15, 0.2) is 0 Å². The number of aromatic nitrogens is 2. The average Bonchev–Trinajstić information content (AvgIpc) is 2.96. The van der Waals surface area contributed by atoms with E-state index in [1.165, 1.54) is 6.20 Å². The second-order valence-corrected chi connectivity index (χ2v) is 5.13. The van der Waals surface area contributed by atoms with E-state index in [2.05, 4.69) is 5.10 Å². The number of nitrogens with zero attached hydrogens (tertiary/aromatic N) is 2. The van der Waals surface area contributed by atoms with Crippen LogP contribution < -0.4 is 4.74 Å². The van der Waals surface area contributed by atoms with Gasteiger partial charge in [0.05, 0.1) is 17.6 Å². The van der Waals surface area contributed by atoms with Crippen LogP contribution in [-0.4, -0.2) is 20.9 Å². The van der Waals surface area contributed by atoms with Crippen molar-refractivity contribution in [2.75, 3.05) is 0 Å². The van der Waals surface area contributed by atoms with E-state index in [0.29, 0.717) is 12.3 Å². The fourth-order valence-corrected chi connectivity index (χ4v) is 2.30. The molecule has 0 unspecified atom stereocenters.